The Bertz CT molecular complexity index is 934. The first-order chi connectivity index (χ1) is 15.8. The molecule has 4 aliphatic carbocycles. The molecule has 0 aromatic carbocycles. The maximum atomic E-state index is 12.8. The predicted molar refractivity (Wildman–Crippen MR) is 132 cm³/mol. The molecule has 6 aliphatic rings. The number of allylic oxidation sites excluding steroid dienone is 2. The fourth-order valence-electron chi connectivity index (χ4n) is 10.3. The Labute approximate surface area is 206 Å². The molecule has 0 amide bonds. The quantitative estimate of drug-likeness (QED) is 0.393. The zero-order valence-electron chi connectivity index (χ0n) is 22.4. The van der Waals surface area contributed by atoms with Crippen molar-refractivity contribution in [2.24, 2.45) is 45.3 Å². The van der Waals surface area contributed by atoms with Crippen LogP contribution in [0.1, 0.15) is 99.8 Å². The highest BCUT2D eigenvalue weighted by Gasteiger charge is 2.67. The molecule has 0 unspecified atom stereocenters. The molecule has 10 atom stereocenters. The lowest BCUT2D eigenvalue weighted by atomic mass is 9.41. The molecule has 2 heterocycles. The molecule has 1 N–H and O–H groups in total. The normalized spacial score (nSPS) is 55.2. The summed E-state index contributed by atoms with van der Waals surface area (Å²) in [6.45, 7) is 16.2. The van der Waals surface area contributed by atoms with Crippen LogP contribution in [0.5, 0.6) is 0 Å². The lowest BCUT2D eigenvalue weighted by Gasteiger charge is -2.63. The molecule has 2 saturated heterocycles. The number of rotatable bonds is 2. The summed E-state index contributed by atoms with van der Waals surface area (Å²) in [7, 11) is 0. The van der Waals surface area contributed by atoms with E-state index in [9.17, 15) is 9.90 Å². The van der Waals surface area contributed by atoms with Gasteiger partial charge in [-0.1, -0.05) is 46.3 Å². The molecule has 190 valence electrons. The SMILES string of the molecule is CC1(C)O[C@H]1[C@H]1C[C@@H]([C@@H]2CC[C@]3(C)C4=CC[C@H]5C(C)(C)C(=O)CC[C@]5(C)[C@H]4CC[C@@]23C)[C@@H](O)O1. The van der Waals surface area contributed by atoms with Crippen LogP contribution in [0, 0.1) is 45.3 Å². The number of aliphatic hydroxyl groups is 1. The minimum absolute atomic E-state index is 0.0253. The van der Waals surface area contributed by atoms with E-state index in [-0.39, 0.29) is 45.4 Å². The standard InChI is InChI=1S/C30H46O4/c1-26(2)22-9-8-20-19(28(22,5)13-12-23(26)31)11-15-29(6)18(10-14-30(20,29)7)17-16-21(33-25(17)32)24-27(3,4)34-24/h8,17-19,21-22,24-25,32H,9-16H2,1-7H3/t17-,18-,19-,21+,22-,24-,25-,28+,29-,30+/m0/s1. The number of hydrogen-bond acceptors (Lipinski definition) is 4. The molecular formula is C30H46O4. The van der Waals surface area contributed by atoms with Gasteiger partial charge in [-0.2, -0.15) is 0 Å². The zero-order valence-corrected chi connectivity index (χ0v) is 22.4. The fraction of sp³-hybridized carbons (Fsp3) is 0.900. The maximum absolute atomic E-state index is 12.8. The molecule has 0 bridgehead atoms. The summed E-state index contributed by atoms with van der Waals surface area (Å²) in [5, 5.41) is 11.0. The lowest BCUT2D eigenvalue weighted by Crippen LogP contribution is -2.57. The Morgan fingerprint density at radius 1 is 1.00 bits per heavy atom. The summed E-state index contributed by atoms with van der Waals surface area (Å²) in [6.07, 6.45) is 10.6. The van der Waals surface area contributed by atoms with Gasteiger partial charge in [-0.25, -0.2) is 0 Å². The number of ether oxygens (including phenoxy) is 2. The summed E-state index contributed by atoms with van der Waals surface area (Å²) in [4.78, 5) is 12.8. The number of aliphatic hydroxyl groups excluding tert-OH is 1. The van der Waals surface area contributed by atoms with Crippen LogP contribution >= 0.6 is 0 Å². The molecule has 0 radical (unpaired) electrons. The Morgan fingerprint density at radius 2 is 1.71 bits per heavy atom. The van der Waals surface area contributed by atoms with Gasteiger partial charge in [0, 0.05) is 17.8 Å². The van der Waals surface area contributed by atoms with Gasteiger partial charge in [0.15, 0.2) is 6.29 Å². The van der Waals surface area contributed by atoms with Gasteiger partial charge < -0.3 is 14.6 Å². The van der Waals surface area contributed by atoms with E-state index in [1.807, 2.05) is 0 Å². The van der Waals surface area contributed by atoms with Gasteiger partial charge >= 0.3 is 0 Å². The maximum Gasteiger partial charge on any atom is 0.158 e. The van der Waals surface area contributed by atoms with Crippen LogP contribution in [-0.2, 0) is 14.3 Å². The topological polar surface area (TPSA) is 59.1 Å². The second-order valence-electron chi connectivity index (χ2n) is 14.7. The van der Waals surface area contributed by atoms with Crippen molar-refractivity contribution in [2.75, 3.05) is 0 Å². The van der Waals surface area contributed by atoms with E-state index in [1.165, 1.54) is 25.7 Å². The highest BCUT2D eigenvalue weighted by Crippen LogP contribution is 2.73. The predicted octanol–water partition coefficient (Wildman–Crippen LogP) is 6.06. The number of epoxide rings is 1. The van der Waals surface area contributed by atoms with Crippen LogP contribution < -0.4 is 0 Å². The van der Waals surface area contributed by atoms with Crippen molar-refractivity contribution in [3.8, 4) is 0 Å². The summed E-state index contributed by atoms with van der Waals surface area (Å²) < 4.78 is 12.0. The average Bonchev–Trinajstić information content (AvgIpc) is 3.08. The van der Waals surface area contributed by atoms with Gasteiger partial charge in [-0.15, -0.1) is 0 Å². The van der Waals surface area contributed by atoms with E-state index in [1.54, 1.807) is 5.57 Å². The Balaban J connectivity index is 1.30. The molecule has 3 saturated carbocycles. The first kappa shape index (κ1) is 23.7. The molecule has 2 aliphatic heterocycles. The molecule has 5 fully saturated rings. The third-order valence-electron chi connectivity index (χ3n) is 12.7. The van der Waals surface area contributed by atoms with Crippen molar-refractivity contribution in [2.45, 2.75) is 124 Å². The largest absolute Gasteiger partial charge is 0.368 e. The monoisotopic (exact) mass is 470 g/mol. The highest BCUT2D eigenvalue weighted by molar-refractivity contribution is 5.85. The van der Waals surface area contributed by atoms with E-state index in [4.69, 9.17) is 9.47 Å². The van der Waals surface area contributed by atoms with Crippen LogP contribution in [0.3, 0.4) is 0 Å². The van der Waals surface area contributed by atoms with Crippen molar-refractivity contribution in [1.82, 2.24) is 0 Å². The number of hydrogen-bond donors (Lipinski definition) is 1. The van der Waals surface area contributed by atoms with Gasteiger partial charge in [-0.05, 0) is 92.8 Å². The van der Waals surface area contributed by atoms with E-state index < -0.39 is 6.29 Å². The van der Waals surface area contributed by atoms with Crippen LogP contribution in [-0.4, -0.2) is 35.0 Å². The average molecular weight is 471 g/mol. The number of fused-ring (bicyclic) bond motifs is 5. The summed E-state index contributed by atoms with van der Waals surface area (Å²) in [5.74, 6) is 2.19. The Kier molecular flexibility index (Phi) is 4.86. The number of carbonyl (C=O) groups excluding carboxylic acids is 1. The van der Waals surface area contributed by atoms with Crippen molar-refractivity contribution >= 4 is 5.78 Å². The Morgan fingerprint density at radius 3 is 2.38 bits per heavy atom. The molecule has 4 nitrogen and oxygen atoms in total. The van der Waals surface area contributed by atoms with Gasteiger partial charge in [0.1, 0.15) is 11.9 Å². The molecule has 34 heavy (non-hydrogen) atoms. The van der Waals surface area contributed by atoms with Crippen LogP contribution in [0.4, 0.5) is 0 Å². The summed E-state index contributed by atoms with van der Waals surface area (Å²) >= 11 is 0. The number of carbonyl (C=O) groups is 1. The second kappa shape index (κ2) is 6.98. The van der Waals surface area contributed by atoms with Crippen LogP contribution in [0.25, 0.3) is 0 Å². The van der Waals surface area contributed by atoms with Crippen LogP contribution in [0.15, 0.2) is 11.6 Å². The third-order valence-corrected chi connectivity index (χ3v) is 12.7. The van der Waals surface area contributed by atoms with Crippen molar-refractivity contribution in [3.63, 3.8) is 0 Å². The van der Waals surface area contributed by atoms with Gasteiger partial charge in [0.25, 0.3) is 0 Å². The Hall–Kier alpha value is -0.710. The van der Waals surface area contributed by atoms with Crippen molar-refractivity contribution < 1.29 is 19.4 Å². The number of ketones is 1. The minimum atomic E-state index is -0.667. The first-order valence-corrected chi connectivity index (χ1v) is 14.0. The van der Waals surface area contributed by atoms with E-state index in [0.29, 0.717) is 23.5 Å². The zero-order chi connectivity index (χ0) is 24.5. The molecule has 6 rings (SSSR count). The molecule has 0 aromatic rings. The minimum Gasteiger partial charge on any atom is -0.368 e. The molecular weight excluding hydrogens is 424 g/mol. The second-order valence-corrected chi connectivity index (χ2v) is 14.7. The highest BCUT2D eigenvalue weighted by atomic mass is 16.7. The van der Waals surface area contributed by atoms with E-state index >= 15 is 0 Å². The summed E-state index contributed by atoms with van der Waals surface area (Å²) in [6, 6.07) is 0. The van der Waals surface area contributed by atoms with Crippen molar-refractivity contribution in [1.29, 1.82) is 0 Å². The first-order valence-electron chi connectivity index (χ1n) is 14.0. The number of Topliss-reactive ketones (excluding diaryl/α,β-unsaturated/α-hetero) is 1. The van der Waals surface area contributed by atoms with E-state index in [0.717, 1.165) is 25.7 Å². The lowest BCUT2D eigenvalue weighted by molar-refractivity contribution is -0.147. The smallest absolute Gasteiger partial charge is 0.158 e. The van der Waals surface area contributed by atoms with E-state index in [2.05, 4.69) is 54.5 Å². The van der Waals surface area contributed by atoms with Gasteiger partial charge in [0.05, 0.1) is 11.7 Å². The summed E-state index contributed by atoms with van der Waals surface area (Å²) in [5.41, 5.74) is 1.95. The molecule has 0 spiro atoms. The fourth-order valence-corrected chi connectivity index (χ4v) is 10.3. The van der Waals surface area contributed by atoms with Crippen LogP contribution in [0.2, 0.25) is 0 Å². The van der Waals surface area contributed by atoms with Gasteiger partial charge in [0.2, 0.25) is 0 Å². The molecule has 4 heteroatoms. The molecule has 0 aromatic heterocycles. The van der Waals surface area contributed by atoms with Crippen molar-refractivity contribution in [3.05, 3.63) is 11.6 Å². The third kappa shape index (κ3) is 2.85. The van der Waals surface area contributed by atoms with Gasteiger partial charge in [-0.3, -0.25) is 4.79 Å².